The fraction of sp³-hybridized carbons (Fsp3) is 0.435. The second-order valence-corrected chi connectivity index (χ2v) is 9.73. The molecule has 0 aliphatic carbocycles. The van der Waals surface area contributed by atoms with E-state index in [0.29, 0.717) is 37.7 Å². The second kappa shape index (κ2) is 9.28. The summed E-state index contributed by atoms with van der Waals surface area (Å²) in [5.74, 6) is 0.984. The Balaban J connectivity index is 1.53. The molecule has 0 unspecified atom stereocenters. The van der Waals surface area contributed by atoms with Gasteiger partial charge in [-0.15, -0.1) is 0 Å². The van der Waals surface area contributed by atoms with Crippen LogP contribution in [0, 0.1) is 0 Å². The molecule has 2 aliphatic heterocycles. The minimum atomic E-state index is -3.70. The predicted octanol–water partition coefficient (Wildman–Crippen LogP) is 3.38. The van der Waals surface area contributed by atoms with Crippen LogP contribution in [0.15, 0.2) is 41.3 Å². The van der Waals surface area contributed by atoms with Crippen LogP contribution in [0.3, 0.4) is 0 Å². The van der Waals surface area contributed by atoms with Crippen molar-refractivity contribution in [2.24, 2.45) is 0 Å². The summed E-state index contributed by atoms with van der Waals surface area (Å²) >= 11 is 0. The lowest BCUT2D eigenvalue weighted by molar-refractivity contribution is -0.115. The van der Waals surface area contributed by atoms with Crippen LogP contribution in [-0.4, -0.2) is 44.9 Å². The highest BCUT2D eigenvalue weighted by atomic mass is 32.2. The van der Waals surface area contributed by atoms with Gasteiger partial charge < -0.3 is 14.8 Å². The largest absolute Gasteiger partial charge is 0.493 e. The number of hydrogen-bond donors (Lipinski definition) is 1. The lowest BCUT2D eigenvalue weighted by Gasteiger charge is -2.27. The maximum absolute atomic E-state index is 13.2. The molecule has 0 spiro atoms. The molecule has 8 heteroatoms. The average Bonchev–Trinajstić information content (AvgIpc) is 3.23. The number of sulfonamides is 1. The number of benzene rings is 2. The Morgan fingerprint density at radius 3 is 2.71 bits per heavy atom. The van der Waals surface area contributed by atoms with E-state index in [2.05, 4.69) is 5.32 Å². The summed E-state index contributed by atoms with van der Waals surface area (Å²) in [4.78, 5) is 12.7. The zero-order chi connectivity index (χ0) is 21.8. The van der Waals surface area contributed by atoms with Crippen LogP contribution >= 0.6 is 0 Å². The summed E-state index contributed by atoms with van der Waals surface area (Å²) < 4.78 is 39.1. The molecule has 2 aliphatic rings. The molecule has 0 aromatic heterocycles. The maximum atomic E-state index is 13.2. The molecular formula is C23H28N2O5S. The Morgan fingerprint density at radius 1 is 1.13 bits per heavy atom. The van der Waals surface area contributed by atoms with Gasteiger partial charge in [0.25, 0.3) is 0 Å². The van der Waals surface area contributed by atoms with Gasteiger partial charge in [0.05, 0.1) is 19.6 Å². The van der Waals surface area contributed by atoms with E-state index in [1.54, 1.807) is 12.1 Å². The highest BCUT2D eigenvalue weighted by molar-refractivity contribution is 7.89. The van der Waals surface area contributed by atoms with E-state index in [1.807, 2.05) is 25.1 Å². The fourth-order valence-electron chi connectivity index (χ4n) is 4.05. The third-order valence-corrected chi connectivity index (χ3v) is 7.50. The lowest BCUT2D eigenvalue weighted by atomic mass is 10.1. The molecule has 0 atom stereocenters. The molecule has 4 rings (SSSR count). The molecular weight excluding hydrogens is 416 g/mol. The highest BCUT2D eigenvalue weighted by Gasteiger charge is 2.29. The molecule has 0 bridgehead atoms. The number of amides is 1. The minimum Gasteiger partial charge on any atom is -0.493 e. The number of ether oxygens (including phenoxy) is 2. The quantitative estimate of drug-likeness (QED) is 0.708. The van der Waals surface area contributed by atoms with Gasteiger partial charge in [-0.25, -0.2) is 8.42 Å². The van der Waals surface area contributed by atoms with Crippen molar-refractivity contribution in [3.05, 3.63) is 47.5 Å². The summed E-state index contributed by atoms with van der Waals surface area (Å²) in [6.45, 7) is 3.86. The van der Waals surface area contributed by atoms with Crippen molar-refractivity contribution in [2.75, 3.05) is 31.6 Å². The van der Waals surface area contributed by atoms with E-state index in [9.17, 15) is 13.2 Å². The summed E-state index contributed by atoms with van der Waals surface area (Å²) in [6, 6.07) is 10.6. The highest BCUT2D eigenvalue weighted by Crippen LogP contribution is 2.32. The van der Waals surface area contributed by atoms with Gasteiger partial charge in [0.1, 0.15) is 16.4 Å². The molecule has 1 saturated heterocycles. The van der Waals surface area contributed by atoms with Crippen molar-refractivity contribution in [3.8, 4) is 11.5 Å². The van der Waals surface area contributed by atoms with Gasteiger partial charge in [0.2, 0.25) is 15.9 Å². The minimum absolute atomic E-state index is 0.101. The van der Waals surface area contributed by atoms with Crippen molar-refractivity contribution in [1.82, 2.24) is 4.31 Å². The molecule has 31 heavy (non-hydrogen) atoms. The SMILES string of the molecule is CCOc1ccc(NC(=O)Cc2ccc3c(c2)CCO3)cc1S(=O)(=O)N1CCCCC1. The number of carbonyl (C=O) groups excluding carboxylic acids is 1. The van der Waals surface area contributed by atoms with E-state index < -0.39 is 10.0 Å². The Hall–Kier alpha value is -2.58. The van der Waals surface area contributed by atoms with Crippen LogP contribution in [0.25, 0.3) is 0 Å². The number of anilines is 1. The first kappa shape index (κ1) is 21.6. The number of carbonyl (C=O) groups is 1. The fourth-order valence-corrected chi connectivity index (χ4v) is 5.72. The number of fused-ring (bicyclic) bond motifs is 1. The van der Waals surface area contributed by atoms with Crippen LogP contribution in [0.5, 0.6) is 11.5 Å². The normalized spacial score (nSPS) is 16.4. The van der Waals surface area contributed by atoms with Crippen LogP contribution in [0.2, 0.25) is 0 Å². The topological polar surface area (TPSA) is 84.9 Å². The van der Waals surface area contributed by atoms with Gasteiger partial charge >= 0.3 is 0 Å². The van der Waals surface area contributed by atoms with Crippen molar-refractivity contribution in [3.63, 3.8) is 0 Å². The van der Waals surface area contributed by atoms with Gasteiger partial charge in [-0.1, -0.05) is 18.6 Å². The number of nitrogens with one attached hydrogen (secondary N) is 1. The van der Waals surface area contributed by atoms with Crippen LogP contribution in [0.1, 0.15) is 37.3 Å². The van der Waals surface area contributed by atoms with Gasteiger partial charge in [0, 0.05) is 25.2 Å². The average molecular weight is 445 g/mol. The monoisotopic (exact) mass is 444 g/mol. The second-order valence-electron chi connectivity index (χ2n) is 7.82. The van der Waals surface area contributed by atoms with Gasteiger partial charge in [-0.05, 0) is 55.2 Å². The summed E-state index contributed by atoms with van der Waals surface area (Å²) in [5, 5.41) is 2.83. The molecule has 1 N–H and O–H groups in total. The number of rotatable bonds is 7. The first-order valence-corrected chi connectivity index (χ1v) is 12.2. The van der Waals surface area contributed by atoms with E-state index in [4.69, 9.17) is 9.47 Å². The predicted molar refractivity (Wildman–Crippen MR) is 118 cm³/mol. The van der Waals surface area contributed by atoms with Crippen molar-refractivity contribution >= 4 is 21.6 Å². The number of piperidine rings is 1. The summed E-state index contributed by atoms with van der Waals surface area (Å²) in [7, 11) is -3.70. The van der Waals surface area contributed by atoms with E-state index in [-0.39, 0.29) is 17.2 Å². The maximum Gasteiger partial charge on any atom is 0.246 e. The first-order chi connectivity index (χ1) is 15.0. The third kappa shape index (κ3) is 4.85. The standard InChI is InChI=1S/C23H28N2O5S/c1-2-29-21-9-7-19(16-22(21)31(27,28)25-11-4-3-5-12-25)24-23(26)15-17-6-8-20-18(14-17)10-13-30-20/h6-9,14,16H,2-5,10-13,15H2,1H3,(H,24,26). The van der Waals surface area contributed by atoms with Gasteiger partial charge in [-0.3, -0.25) is 4.79 Å². The smallest absolute Gasteiger partial charge is 0.246 e. The van der Waals surface area contributed by atoms with Gasteiger partial charge in [0.15, 0.2) is 0 Å². The molecule has 2 heterocycles. The Labute approximate surface area is 183 Å². The molecule has 1 fully saturated rings. The number of nitrogens with zero attached hydrogens (tertiary/aromatic N) is 1. The zero-order valence-corrected chi connectivity index (χ0v) is 18.5. The Bertz CT molecular complexity index is 1060. The van der Waals surface area contributed by atoms with E-state index in [0.717, 1.165) is 42.6 Å². The van der Waals surface area contributed by atoms with Crippen LogP contribution < -0.4 is 14.8 Å². The van der Waals surface area contributed by atoms with Gasteiger partial charge in [-0.2, -0.15) is 4.31 Å². The summed E-state index contributed by atoms with van der Waals surface area (Å²) in [5.41, 5.74) is 2.45. The zero-order valence-electron chi connectivity index (χ0n) is 17.7. The summed E-state index contributed by atoms with van der Waals surface area (Å²) in [6.07, 6.45) is 3.79. The Morgan fingerprint density at radius 2 is 1.94 bits per heavy atom. The van der Waals surface area contributed by atoms with Crippen LogP contribution in [0.4, 0.5) is 5.69 Å². The molecule has 2 aromatic rings. The molecule has 1 amide bonds. The van der Waals surface area contributed by atoms with Crippen molar-refractivity contribution < 1.29 is 22.7 Å². The molecule has 0 saturated carbocycles. The molecule has 166 valence electrons. The number of hydrogen-bond acceptors (Lipinski definition) is 5. The lowest BCUT2D eigenvalue weighted by Crippen LogP contribution is -2.35. The molecule has 2 aromatic carbocycles. The Kier molecular flexibility index (Phi) is 6.48. The van der Waals surface area contributed by atoms with Crippen molar-refractivity contribution in [2.45, 2.75) is 43.9 Å². The first-order valence-electron chi connectivity index (χ1n) is 10.8. The molecule has 0 radical (unpaired) electrons. The third-order valence-electron chi connectivity index (χ3n) is 5.58. The van der Waals surface area contributed by atoms with E-state index in [1.165, 1.54) is 10.4 Å². The molecule has 7 nitrogen and oxygen atoms in total. The van der Waals surface area contributed by atoms with Crippen LogP contribution in [-0.2, 0) is 27.7 Å². The van der Waals surface area contributed by atoms with Crippen molar-refractivity contribution in [1.29, 1.82) is 0 Å². The van der Waals surface area contributed by atoms with E-state index >= 15 is 0 Å².